The van der Waals surface area contributed by atoms with Crippen LogP contribution >= 0.6 is 0 Å². The van der Waals surface area contributed by atoms with Crippen molar-refractivity contribution >= 4 is 29.2 Å². The molecule has 1 atom stereocenters. The van der Waals surface area contributed by atoms with Gasteiger partial charge in [0.1, 0.15) is 0 Å². The molecule has 2 aromatic rings. The minimum Gasteiger partial charge on any atom is -0.483 e. The van der Waals surface area contributed by atoms with Crippen molar-refractivity contribution in [3.05, 3.63) is 35.0 Å². The average molecular weight is 485 g/mol. The molecule has 0 aliphatic carbocycles. The number of piperidine rings is 2. The highest BCUT2D eigenvalue weighted by Gasteiger charge is 2.27. The number of nitrogens with zero attached hydrogens (tertiary/aromatic N) is 3. The van der Waals surface area contributed by atoms with Gasteiger partial charge in [0.15, 0.2) is 0 Å². The zero-order valence-electron chi connectivity index (χ0n) is 21.5. The lowest BCUT2D eigenvalue weighted by Gasteiger charge is -2.33. The SMILES string of the molecule is Cc1c(C)n(C)c2ccc(C(=O)N3CCCC(CC(=O)NCC4CCN(C)CC4)C3)cc12.O=CO. The predicted octanol–water partition coefficient (Wildman–Crippen LogP) is 3.20. The monoisotopic (exact) mass is 484 g/mol. The highest BCUT2D eigenvalue weighted by atomic mass is 16.3. The molecule has 0 radical (unpaired) electrons. The van der Waals surface area contributed by atoms with Gasteiger partial charge in [-0.05, 0) is 95.3 Å². The molecule has 192 valence electrons. The van der Waals surface area contributed by atoms with Gasteiger partial charge in [0, 0.05) is 55.3 Å². The molecule has 2 aliphatic heterocycles. The van der Waals surface area contributed by atoms with Crippen LogP contribution < -0.4 is 5.32 Å². The molecule has 0 spiro atoms. The molecule has 0 bridgehead atoms. The number of amides is 2. The van der Waals surface area contributed by atoms with E-state index in [9.17, 15) is 9.59 Å². The first-order valence-corrected chi connectivity index (χ1v) is 12.6. The highest BCUT2D eigenvalue weighted by Crippen LogP contribution is 2.27. The third kappa shape index (κ3) is 6.63. The normalized spacial score (nSPS) is 19.2. The largest absolute Gasteiger partial charge is 0.483 e. The Kier molecular flexibility index (Phi) is 9.32. The fourth-order valence-corrected chi connectivity index (χ4v) is 5.35. The Balaban J connectivity index is 0.00000108. The summed E-state index contributed by atoms with van der Waals surface area (Å²) in [6.45, 7) is 8.46. The van der Waals surface area contributed by atoms with E-state index in [-0.39, 0.29) is 24.2 Å². The number of aryl methyl sites for hydroxylation is 2. The summed E-state index contributed by atoms with van der Waals surface area (Å²) >= 11 is 0. The topological polar surface area (TPSA) is 94.9 Å². The van der Waals surface area contributed by atoms with Gasteiger partial charge < -0.3 is 24.8 Å². The summed E-state index contributed by atoms with van der Waals surface area (Å²) in [6.07, 6.45) is 4.82. The Morgan fingerprint density at radius 2 is 1.77 bits per heavy atom. The Hall–Kier alpha value is -2.87. The van der Waals surface area contributed by atoms with Crippen molar-refractivity contribution in [2.75, 3.05) is 39.8 Å². The molecule has 1 aromatic carbocycles. The maximum atomic E-state index is 13.3. The van der Waals surface area contributed by atoms with E-state index in [1.807, 2.05) is 17.0 Å². The van der Waals surface area contributed by atoms with E-state index in [2.05, 4.69) is 48.8 Å². The quantitative estimate of drug-likeness (QED) is 0.636. The molecule has 0 saturated carbocycles. The summed E-state index contributed by atoms with van der Waals surface area (Å²) in [7, 11) is 4.23. The number of benzene rings is 1. The second-order valence-corrected chi connectivity index (χ2v) is 10.1. The first-order valence-electron chi connectivity index (χ1n) is 12.6. The molecule has 1 unspecified atom stereocenters. The smallest absolute Gasteiger partial charge is 0.290 e. The number of hydrogen-bond donors (Lipinski definition) is 2. The molecule has 1 aromatic heterocycles. The first kappa shape index (κ1) is 26.7. The van der Waals surface area contributed by atoms with Crippen LogP contribution in [0.25, 0.3) is 10.9 Å². The van der Waals surface area contributed by atoms with Crippen molar-refractivity contribution < 1.29 is 19.5 Å². The number of carbonyl (C=O) groups excluding carboxylic acids is 2. The van der Waals surface area contributed by atoms with E-state index in [0.29, 0.717) is 18.9 Å². The second kappa shape index (κ2) is 12.2. The fraction of sp³-hybridized carbons (Fsp3) is 0.593. The molecule has 4 rings (SSSR count). The Bertz CT molecular complexity index is 1040. The number of fused-ring (bicyclic) bond motifs is 1. The van der Waals surface area contributed by atoms with E-state index in [1.54, 1.807) is 0 Å². The number of rotatable bonds is 5. The van der Waals surface area contributed by atoms with Crippen molar-refractivity contribution in [1.82, 2.24) is 19.7 Å². The van der Waals surface area contributed by atoms with Crippen molar-refractivity contribution in [2.45, 2.75) is 46.0 Å². The van der Waals surface area contributed by atoms with Crippen molar-refractivity contribution in [3.63, 3.8) is 0 Å². The van der Waals surface area contributed by atoms with E-state index in [0.717, 1.165) is 68.3 Å². The minimum absolute atomic E-state index is 0.0873. The lowest BCUT2D eigenvalue weighted by Crippen LogP contribution is -2.42. The minimum atomic E-state index is -0.250. The van der Waals surface area contributed by atoms with Gasteiger partial charge in [-0.1, -0.05) is 0 Å². The summed E-state index contributed by atoms with van der Waals surface area (Å²) in [5, 5.41) is 11.2. The summed E-state index contributed by atoms with van der Waals surface area (Å²) < 4.78 is 2.18. The third-order valence-electron chi connectivity index (χ3n) is 7.76. The highest BCUT2D eigenvalue weighted by molar-refractivity contribution is 5.99. The number of nitrogens with one attached hydrogen (secondary N) is 1. The second-order valence-electron chi connectivity index (χ2n) is 10.1. The number of likely N-dealkylation sites (tertiary alicyclic amines) is 2. The van der Waals surface area contributed by atoms with Crippen molar-refractivity contribution in [1.29, 1.82) is 0 Å². The summed E-state index contributed by atoms with van der Waals surface area (Å²) in [6, 6.07) is 6.04. The maximum Gasteiger partial charge on any atom is 0.290 e. The van der Waals surface area contributed by atoms with E-state index < -0.39 is 0 Å². The number of hydrogen-bond acceptors (Lipinski definition) is 4. The average Bonchev–Trinajstić information content (AvgIpc) is 3.07. The Morgan fingerprint density at radius 3 is 2.46 bits per heavy atom. The van der Waals surface area contributed by atoms with Gasteiger partial charge in [-0.3, -0.25) is 14.4 Å². The summed E-state index contributed by atoms with van der Waals surface area (Å²) in [5.74, 6) is 1.07. The van der Waals surface area contributed by atoms with Crippen LogP contribution in [0.3, 0.4) is 0 Å². The van der Waals surface area contributed by atoms with E-state index in [4.69, 9.17) is 9.90 Å². The maximum absolute atomic E-state index is 13.3. The predicted molar refractivity (Wildman–Crippen MR) is 138 cm³/mol. The van der Waals surface area contributed by atoms with Crippen LogP contribution in [0.2, 0.25) is 0 Å². The number of carboxylic acid groups (broad SMARTS) is 1. The van der Waals surface area contributed by atoms with Gasteiger partial charge in [0.25, 0.3) is 12.4 Å². The third-order valence-corrected chi connectivity index (χ3v) is 7.76. The van der Waals surface area contributed by atoms with Crippen LogP contribution in [0.5, 0.6) is 0 Å². The van der Waals surface area contributed by atoms with Crippen LogP contribution in [0.15, 0.2) is 18.2 Å². The Labute approximate surface area is 208 Å². The van der Waals surface area contributed by atoms with Crippen LogP contribution in [0.1, 0.15) is 53.7 Å². The van der Waals surface area contributed by atoms with E-state index >= 15 is 0 Å². The lowest BCUT2D eigenvalue weighted by molar-refractivity contribution is -0.123. The fourth-order valence-electron chi connectivity index (χ4n) is 5.35. The lowest BCUT2D eigenvalue weighted by atomic mass is 9.93. The number of carbonyl (C=O) groups is 3. The molecular weight excluding hydrogens is 444 g/mol. The first-order chi connectivity index (χ1) is 16.7. The van der Waals surface area contributed by atoms with Gasteiger partial charge in [-0.15, -0.1) is 0 Å². The molecule has 2 fully saturated rings. The van der Waals surface area contributed by atoms with Gasteiger partial charge in [-0.25, -0.2) is 0 Å². The zero-order valence-corrected chi connectivity index (χ0v) is 21.5. The molecule has 8 nitrogen and oxygen atoms in total. The van der Waals surface area contributed by atoms with Crippen molar-refractivity contribution in [2.24, 2.45) is 18.9 Å². The van der Waals surface area contributed by atoms with Gasteiger partial charge in [0.2, 0.25) is 5.91 Å². The van der Waals surface area contributed by atoms with Gasteiger partial charge in [-0.2, -0.15) is 0 Å². The van der Waals surface area contributed by atoms with Crippen LogP contribution in [-0.2, 0) is 16.6 Å². The molecule has 2 amide bonds. The summed E-state index contributed by atoms with van der Waals surface area (Å²) in [5.41, 5.74) is 4.37. The molecule has 8 heteroatoms. The number of aromatic nitrogens is 1. The molecule has 2 N–H and O–H groups in total. The molecule has 35 heavy (non-hydrogen) atoms. The van der Waals surface area contributed by atoms with E-state index in [1.165, 1.54) is 11.3 Å². The van der Waals surface area contributed by atoms with Gasteiger partial charge in [0.05, 0.1) is 0 Å². The molecule has 2 aliphatic rings. The molecular formula is C27H40N4O4. The van der Waals surface area contributed by atoms with Crippen LogP contribution in [0.4, 0.5) is 0 Å². The zero-order chi connectivity index (χ0) is 25.5. The standard InChI is InChI=1S/C26H38N4O2.CH2O2/c1-18-19(2)29(4)24-8-7-22(15-23(18)24)26(32)30-11-5-6-21(17-30)14-25(31)27-16-20-9-12-28(3)13-10-20;2-1-3/h7-8,15,20-21H,5-6,9-14,16-17H2,1-4H3,(H,27,31);1H,(H,2,3). The molecule has 2 saturated heterocycles. The van der Waals surface area contributed by atoms with Crippen molar-refractivity contribution in [3.8, 4) is 0 Å². The molecule has 3 heterocycles. The van der Waals surface area contributed by atoms with Crippen LogP contribution in [0, 0.1) is 25.7 Å². The Morgan fingerprint density at radius 1 is 1.09 bits per heavy atom. The summed E-state index contributed by atoms with van der Waals surface area (Å²) in [4.78, 5) is 38.5. The van der Waals surface area contributed by atoms with Crippen LogP contribution in [-0.4, -0.2) is 77.5 Å². The van der Waals surface area contributed by atoms with Gasteiger partial charge >= 0.3 is 0 Å².